The number of carboxylic acid groups (broad SMARTS) is 1. The summed E-state index contributed by atoms with van der Waals surface area (Å²) in [6.45, 7) is 6.08. The normalized spacial score (nSPS) is 30.9. The zero-order valence-electron chi connectivity index (χ0n) is 12.8. The van der Waals surface area contributed by atoms with E-state index in [1.165, 1.54) is 0 Å². The Labute approximate surface area is 125 Å². The minimum atomic E-state index is -0.672. The third-order valence-corrected chi connectivity index (χ3v) is 4.90. The Morgan fingerprint density at radius 2 is 2.05 bits per heavy atom. The molecule has 5 nitrogen and oxygen atoms in total. The number of nitrogens with zero attached hydrogens (tertiary/aromatic N) is 2. The van der Waals surface area contributed by atoms with Crippen LogP contribution in [0.15, 0.2) is 6.07 Å². The van der Waals surface area contributed by atoms with Crippen LogP contribution in [-0.2, 0) is 4.79 Å². The van der Waals surface area contributed by atoms with Gasteiger partial charge in [0.05, 0.1) is 5.92 Å². The van der Waals surface area contributed by atoms with Crippen molar-refractivity contribution < 1.29 is 9.90 Å². The first-order valence-electron chi connectivity index (χ1n) is 7.80. The fraction of sp³-hybridized carbons (Fsp3) is 0.688. The number of anilines is 1. The van der Waals surface area contributed by atoms with E-state index in [0.717, 1.165) is 36.6 Å². The molecule has 2 N–H and O–H groups in total. The lowest BCUT2D eigenvalue weighted by Crippen LogP contribution is -2.39. The largest absolute Gasteiger partial charge is 0.481 e. The summed E-state index contributed by atoms with van der Waals surface area (Å²) >= 11 is 0. The maximum atomic E-state index is 11.6. The predicted molar refractivity (Wildman–Crippen MR) is 80.2 cm³/mol. The molecule has 0 saturated heterocycles. The second kappa shape index (κ2) is 5.28. The molecule has 0 radical (unpaired) electrons. The van der Waals surface area contributed by atoms with Crippen molar-refractivity contribution in [3.05, 3.63) is 17.6 Å². The summed E-state index contributed by atoms with van der Waals surface area (Å²) in [7, 11) is 0. The van der Waals surface area contributed by atoms with Crippen LogP contribution in [0.5, 0.6) is 0 Å². The first-order chi connectivity index (χ1) is 9.95. The summed E-state index contributed by atoms with van der Waals surface area (Å²) in [4.78, 5) is 20.6. The standard InChI is InChI=1S/C16H23N3O2/c1-8(2)15-17-9(3)6-12(19-15)18-14-11-5-4-10(7-11)13(14)16(20)21/h6,8,10-11,13-14H,4-5,7H2,1-3H3,(H,20,21)(H,17,18,19). The van der Waals surface area contributed by atoms with Gasteiger partial charge in [-0.3, -0.25) is 4.79 Å². The molecule has 3 rings (SSSR count). The van der Waals surface area contributed by atoms with Gasteiger partial charge in [-0.1, -0.05) is 13.8 Å². The molecule has 2 fully saturated rings. The SMILES string of the molecule is Cc1cc(NC2C3CCC(C3)C2C(=O)O)nc(C(C)C)n1. The van der Waals surface area contributed by atoms with Crippen LogP contribution in [0.25, 0.3) is 0 Å². The molecule has 0 spiro atoms. The monoisotopic (exact) mass is 289 g/mol. The minimum Gasteiger partial charge on any atom is -0.481 e. The zero-order chi connectivity index (χ0) is 15.1. The smallest absolute Gasteiger partial charge is 0.308 e. The van der Waals surface area contributed by atoms with Crippen LogP contribution >= 0.6 is 0 Å². The molecule has 2 saturated carbocycles. The van der Waals surface area contributed by atoms with Crippen molar-refractivity contribution in [3.8, 4) is 0 Å². The molecule has 2 bridgehead atoms. The lowest BCUT2D eigenvalue weighted by atomic mass is 9.84. The number of fused-ring (bicyclic) bond motifs is 2. The summed E-state index contributed by atoms with van der Waals surface area (Å²) in [5.74, 6) is 1.70. The second-order valence-corrected chi connectivity index (χ2v) is 6.77. The van der Waals surface area contributed by atoms with E-state index in [2.05, 4.69) is 29.1 Å². The van der Waals surface area contributed by atoms with Gasteiger partial charge in [0, 0.05) is 23.7 Å². The van der Waals surface area contributed by atoms with E-state index in [0.29, 0.717) is 11.8 Å². The lowest BCUT2D eigenvalue weighted by Gasteiger charge is -2.29. The van der Waals surface area contributed by atoms with Crippen molar-refractivity contribution >= 4 is 11.8 Å². The molecular weight excluding hydrogens is 266 g/mol. The van der Waals surface area contributed by atoms with Crippen LogP contribution in [-0.4, -0.2) is 27.1 Å². The number of hydrogen-bond acceptors (Lipinski definition) is 4. The van der Waals surface area contributed by atoms with Crippen molar-refractivity contribution in [3.63, 3.8) is 0 Å². The van der Waals surface area contributed by atoms with E-state index < -0.39 is 5.97 Å². The van der Waals surface area contributed by atoms with Crippen LogP contribution in [0, 0.1) is 24.7 Å². The molecular formula is C16H23N3O2. The van der Waals surface area contributed by atoms with Gasteiger partial charge in [0.25, 0.3) is 0 Å². The molecule has 5 heteroatoms. The topological polar surface area (TPSA) is 75.1 Å². The molecule has 0 amide bonds. The van der Waals surface area contributed by atoms with Crippen molar-refractivity contribution in [1.29, 1.82) is 0 Å². The highest BCUT2D eigenvalue weighted by atomic mass is 16.4. The van der Waals surface area contributed by atoms with Crippen LogP contribution in [0.2, 0.25) is 0 Å². The van der Waals surface area contributed by atoms with E-state index in [1.807, 2.05) is 13.0 Å². The second-order valence-electron chi connectivity index (χ2n) is 6.77. The molecule has 1 aromatic rings. The van der Waals surface area contributed by atoms with Crippen molar-refractivity contribution in [2.45, 2.75) is 52.0 Å². The van der Waals surface area contributed by atoms with Gasteiger partial charge in [0.2, 0.25) is 0 Å². The summed E-state index contributed by atoms with van der Waals surface area (Å²) in [5.41, 5.74) is 0.922. The summed E-state index contributed by atoms with van der Waals surface area (Å²) in [6, 6.07) is 1.92. The summed E-state index contributed by atoms with van der Waals surface area (Å²) < 4.78 is 0. The van der Waals surface area contributed by atoms with Gasteiger partial charge in [0.1, 0.15) is 11.6 Å². The van der Waals surface area contributed by atoms with Gasteiger partial charge in [-0.15, -0.1) is 0 Å². The number of nitrogens with one attached hydrogen (secondary N) is 1. The van der Waals surface area contributed by atoms with Gasteiger partial charge in [-0.25, -0.2) is 9.97 Å². The molecule has 1 heterocycles. The van der Waals surface area contributed by atoms with Crippen LogP contribution in [0.4, 0.5) is 5.82 Å². The van der Waals surface area contributed by atoms with E-state index in [9.17, 15) is 9.90 Å². The number of hydrogen-bond donors (Lipinski definition) is 2. The number of aliphatic carboxylic acids is 1. The number of carbonyl (C=O) groups is 1. The predicted octanol–water partition coefficient (Wildman–Crippen LogP) is 2.82. The number of rotatable bonds is 4. The van der Waals surface area contributed by atoms with E-state index in [-0.39, 0.29) is 17.9 Å². The summed E-state index contributed by atoms with van der Waals surface area (Å²) in [5, 5.41) is 12.9. The number of carboxylic acids is 1. The first kappa shape index (κ1) is 14.3. The van der Waals surface area contributed by atoms with Gasteiger partial charge in [-0.05, 0) is 38.0 Å². The lowest BCUT2D eigenvalue weighted by molar-refractivity contribution is -0.143. The van der Waals surface area contributed by atoms with Crippen molar-refractivity contribution in [2.24, 2.45) is 17.8 Å². The third kappa shape index (κ3) is 2.61. The maximum Gasteiger partial charge on any atom is 0.308 e. The molecule has 4 unspecified atom stereocenters. The van der Waals surface area contributed by atoms with Gasteiger partial charge in [0.15, 0.2) is 0 Å². The molecule has 1 aromatic heterocycles. The van der Waals surface area contributed by atoms with Crippen LogP contribution in [0.1, 0.15) is 50.5 Å². The average molecular weight is 289 g/mol. The van der Waals surface area contributed by atoms with Gasteiger partial charge >= 0.3 is 5.97 Å². The van der Waals surface area contributed by atoms with Gasteiger partial charge < -0.3 is 10.4 Å². The van der Waals surface area contributed by atoms with E-state index >= 15 is 0 Å². The Morgan fingerprint density at radius 3 is 2.71 bits per heavy atom. The Bertz CT molecular complexity index is 558. The van der Waals surface area contributed by atoms with E-state index in [4.69, 9.17) is 0 Å². The molecule has 2 aliphatic rings. The fourth-order valence-corrected chi connectivity index (χ4v) is 3.95. The van der Waals surface area contributed by atoms with Crippen molar-refractivity contribution in [1.82, 2.24) is 9.97 Å². The molecule has 21 heavy (non-hydrogen) atoms. The quantitative estimate of drug-likeness (QED) is 0.891. The average Bonchev–Trinajstić information content (AvgIpc) is 2.98. The minimum absolute atomic E-state index is 0.00978. The molecule has 114 valence electrons. The Kier molecular flexibility index (Phi) is 3.59. The zero-order valence-corrected chi connectivity index (χ0v) is 12.8. The Morgan fingerprint density at radius 1 is 1.33 bits per heavy atom. The number of aromatic nitrogens is 2. The number of aryl methyl sites for hydroxylation is 1. The van der Waals surface area contributed by atoms with Crippen molar-refractivity contribution in [2.75, 3.05) is 5.32 Å². The maximum absolute atomic E-state index is 11.6. The first-order valence-corrected chi connectivity index (χ1v) is 7.80. The highest BCUT2D eigenvalue weighted by Gasteiger charge is 2.51. The highest BCUT2D eigenvalue weighted by molar-refractivity contribution is 5.73. The summed E-state index contributed by atoms with van der Waals surface area (Å²) in [6.07, 6.45) is 3.23. The van der Waals surface area contributed by atoms with E-state index in [1.54, 1.807) is 0 Å². The Hall–Kier alpha value is -1.65. The highest BCUT2D eigenvalue weighted by Crippen LogP contribution is 2.49. The molecule has 2 aliphatic carbocycles. The van der Waals surface area contributed by atoms with Crippen LogP contribution < -0.4 is 5.32 Å². The Balaban J connectivity index is 1.84. The molecule has 0 aromatic carbocycles. The third-order valence-electron chi connectivity index (χ3n) is 4.90. The van der Waals surface area contributed by atoms with Crippen LogP contribution in [0.3, 0.4) is 0 Å². The fourth-order valence-electron chi connectivity index (χ4n) is 3.95. The molecule has 0 aliphatic heterocycles. The van der Waals surface area contributed by atoms with Gasteiger partial charge in [-0.2, -0.15) is 0 Å². The molecule has 4 atom stereocenters.